The number of hydrogen-bond acceptors (Lipinski definition) is 4. The molecule has 0 aromatic heterocycles. The number of amides is 4. The van der Waals surface area contributed by atoms with Crippen molar-refractivity contribution in [3.63, 3.8) is 0 Å². The minimum absolute atomic E-state index is 0.249. The fourth-order valence-corrected chi connectivity index (χ4v) is 2.19. The average molecular weight is 224 g/mol. The van der Waals surface area contributed by atoms with Crippen molar-refractivity contribution in [2.45, 2.75) is 19.3 Å². The highest BCUT2D eigenvalue weighted by Crippen LogP contribution is 2.31. The summed E-state index contributed by atoms with van der Waals surface area (Å²) < 4.78 is 0. The van der Waals surface area contributed by atoms with Crippen LogP contribution in [0.5, 0.6) is 0 Å². The van der Waals surface area contributed by atoms with Crippen molar-refractivity contribution in [2.75, 3.05) is 6.61 Å². The van der Waals surface area contributed by atoms with Crippen molar-refractivity contribution in [1.82, 2.24) is 10.6 Å². The van der Waals surface area contributed by atoms with Crippen LogP contribution in [0.3, 0.4) is 0 Å². The van der Waals surface area contributed by atoms with E-state index >= 15 is 0 Å². The molecule has 0 bridgehead atoms. The van der Waals surface area contributed by atoms with Crippen LogP contribution in [0.4, 0.5) is 4.79 Å². The molecule has 1 aliphatic carbocycles. The second-order valence-corrected chi connectivity index (χ2v) is 3.89. The largest absolute Gasteiger partial charge is 0.392 e. The summed E-state index contributed by atoms with van der Waals surface area (Å²) in [6.45, 7) is -0.249. The van der Waals surface area contributed by atoms with Gasteiger partial charge in [-0.15, -0.1) is 0 Å². The van der Waals surface area contributed by atoms with Crippen LogP contribution in [0.1, 0.15) is 19.3 Å². The van der Waals surface area contributed by atoms with Crippen LogP contribution in [0.25, 0.3) is 0 Å². The van der Waals surface area contributed by atoms with E-state index in [9.17, 15) is 14.4 Å². The smallest absolute Gasteiger partial charge is 0.328 e. The lowest BCUT2D eigenvalue weighted by atomic mass is 9.82. The maximum Gasteiger partial charge on any atom is 0.328 e. The Labute approximate surface area is 91.7 Å². The number of urea groups is 1. The van der Waals surface area contributed by atoms with E-state index in [2.05, 4.69) is 10.6 Å². The highest BCUT2D eigenvalue weighted by atomic mass is 16.3. The Morgan fingerprint density at radius 2 is 2.00 bits per heavy atom. The Balaban J connectivity index is 2.46. The minimum Gasteiger partial charge on any atom is -0.392 e. The van der Waals surface area contributed by atoms with Crippen LogP contribution in [0.2, 0.25) is 0 Å². The van der Waals surface area contributed by atoms with E-state index in [4.69, 9.17) is 5.11 Å². The number of fused-ring (bicyclic) bond motifs is 1. The number of hydrogen-bond donors (Lipinski definition) is 3. The first kappa shape index (κ1) is 10.8. The van der Waals surface area contributed by atoms with Gasteiger partial charge in [0.2, 0.25) is 5.91 Å². The summed E-state index contributed by atoms with van der Waals surface area (Å²) in [4.78, 5) is 34.4. The van der Waals surface area contributed by atoms with Crippen LogP contribution in [0.15, 0.2) is 11.1 Å². The van der Waals surface area contributed by atoms with Crippen molar-refractivity contribution < 1.29 is 19.5 Å². The van der Waals surface area contributed by atoms with Crippen LogP contribution in [-0.2, 0) is 9.59 Å². The molecule has 0 saturated carbocycles. The van der Waals surface area contributed by atoms with Gasteiger partial charge in [-0.25, -0.2) is 4.79 Å². The lowest BCUT2D eigenvalue weighted by Gasteiger charge is -2.23. The van der Waals surface area contributed by atoms with Crippen molar-refractivity contribution in [2.24, 2.45) is 5.92 Å². The molecule has 1 heterocycles. The molecule has 6 heteroatoms. The van der Waals surface area contributed by atoms with Gasteiger partial charge in [-0.05, 0) is 24.8 Å². The average Bonchev–Trinajstić information content (AvgIpc) is 2.36. The molecule has 86 valence electrons. The normalized spacial score (nSPS) is 25.8. The first-order chi connectivity index (χ1) is 7.63. The molecule has 1 fully saturated rings. The van der Waals surface area contributed by atoms with Crippen LogP contribution < -0.4 is 10.6 Å². The summed E-state index contributed by atoms with van der Waals surface area (Å²) in [5, 5.41) is 13.3. The third kappa shape index (κ3) is 1.71. The molecule has 6 nitrogen and oxygen atoms in total. The first-order valence-corrected chi connectivity index (χ1v) is 5.12. The van der Waals surface area contributed by atoms with Crippen molar-refractivity contribution in [3.8, 4) is 0 Å². The van der Waals surface area contributed by atoms with Crippen LogP contribution >= 0.6 is 0 Å². The molecule has 4 amide bonds. The quantitative estimate of drug-likeness (QED) is 0.556. The van der Waals surface area contributed by atoms with Crippen molar-refractivity contribution in [1.29, 1.82) is 0 Å². The van der Waals surface area contributed by atoms with Gasteiger partial charge < -0.3 is 5.11 Å². The maximum absolute atomic E-state index is 11.7. The molecule has 0 aromatic rings. The zero-order valence-electron chi connectivity index (χ0n) is 8.58. The number of imide groups is 2. The molecule has 1 aliphatic heterocycles. The SMILES string of the molecule is O=C1NC(=O)C2=C(CO)CCCC2C(=O)N1. The summed E-state index contributed by atoms with van der Waals surface area (Å²) in [7, 11) is 0. The van der Waals surface area contributed by atoms with Gasteiger partial charge in [0, 0.05) is 5.57 Å². The predicted octanol–water partition coefficient (Wildman–Crippen LogP) is -0.559. The number of aliphatic hydroxyl groups is 1. The Morgan fingerprint density at radius 1 is 1.25 bits per heavy atom. The van der Waals surface area contributed by atoms with Gasteiger partial charge in [0.05, 0.1) is 12.5 Å². The Kier molecular flexibility index (Phi) is 2.74. The molecule has 16 heavy (non-hydrogen) atoms. The van der Waals surface area contributed by atoms with Crippen LogP contribution in [0, 0.1) is 5.92 Å². The lowest BCUT2D eigenvalue weighted by molar-refractivity contribution is -0.124. The summed E-state index contributed by atoms with van der Waals surface area (Å²) >= 11 is 0. The Morgan fingerprint density at radius 3 is 2.69 bits per heavy atom. The molecular weight excluding hydrogens is 212 g/mol. The minimum atomic E-state index is -0.797. The van der Waals surface area contributed by atoms with E-state index in [1.165, 1.54) is 0 Å². The molecule has 1 atom stereocenters. The van der Waals surface area contributed by atoms with Gasteiger partial charge in [-0.3, -0.25) is 20.2 Å². The van der Waals surface area contributed by atoms with Gasteiger partial charge in [-0.1, -0.05) is 0 Å². The number of nitrogens with one attached hydrogen (secondary N) is 2. The predicted molar refractivity (Wildman–Crippen MR) is 53.1 cm³/mol. The summed E-state index contributed by atoms with van der Waals surface area (Å²) in [6, 6.07) is -0.797. The highest BCUT2D eigenvalue weighted by Gasteiger charge is 2.36. The summed E-state index contributed by atoms with van der Waals surface area (Å²) in [5.41, 5.74) is 0.815. The second kappa shape index (κ2) is 4.05. The molecule has 0 radical (unpaired) electrons. The van der Waals surface area contributed by atoms with Crippen LogP contribution in [-0.4, -0.2) is 29.6 Å². The van der Waals surface area contributed by atoms with Gasteiger partial charge >= 0.3 is 6.03 Å². The summed E-state index contributed by atoms with van der Waals surface area (Å²) in [6.07, 6.45) is 1.86. The van der Waals surface area contributed by atoms with E-state index in [1.807, 2.05) is 0 Å². The first-order valence-electron chi connectivity index (χ1n) is 5.12. The fourth-order valence-electron chi connectivity index (χ4n) is 2.19. The number of aliphatic hydroxyl groups excluding tert-OH is 1. The van der Waals surface area contributed by atoms with E-state index < -0.39 is 23.8 Å². The van der Waals surface area contributed by atoms with E-state index in [0.29, 0.717) is 18.4 Å². The Hall–Kier alpha value is -1.69. The van der Waals surface area contributed by atoms with Crippen molar-refractivity contribution in [3.05, 3.63) is 11.1 Å². The van der Waals surface area contributed by atoms with Gasteiger partial charge in [0.15, 0.2) is 0 Å². The number of rotatable bonds is 1. The third-order valence-corrected chi connectivity index (χ3v) is 2.92. The summed E-state index contributed by atoms with van der Waals surface area (Å²) in [5.74, 6) is -1.65. The number of carbonyl (C=O) groups is 3. The molecular formula is C10H12N2O4. The van der Waals surface area contributed by atoms with Gasteiger partial charge in [0.25, 0.3) is 5.91 Å². The van der Waals surface area contributed by atoms with Crippen molar-refractivity contribution >= 4 is 17.8 Å². The standard InChI is InChI=1S/C10H12N2O4/c13-4-5-2-1-3-6-7(5)9(15)12-10(16)11-8(6)14/h6,13H,1-4H2,(H2,11,12,14,15,16). The molecule has 2 aliphatic rings. The molecule has 3 N–H and O–H groups in total. The molecule has 1 unspecified atom stereocenters. The second-order valence-electron chi connectivity index (χ2n) is 3.89. The molecule has 0 aromatic carbocycles. The topological polar surface area (TPSA) is 95.5 Å². The van der Waals surface area contributed by atoms with Gasteiger partial charge in [-0.2, -0.15) is 0 Å². The fraction of sp³-hybridized carbons (Fsp3) is 0.500. The zero-order chi connectivity index (χ0) is 11.7. The lowest BCUT2D eigenvalue weighted by Crippen LogP contribution is -2.39. The maximum atomic E-state index is 11.7. The van der Waals surface area contributed by atoms with Gasteiger partial charge in [0.1, 0.15) is 0 Å². The highest BCUT2D eigenvalue weighted by molar-refractivity contribution is 6.14. The molecule has 2 rings (SSSR count). The zero-order valence-corrected chi connectivity index (χ0v) is 8.58. The van der Waals surface area contributed by atoms with E-state index in [1.54, 1.807) is 0 Å². The monoisotopic (exact) mass is 224 g/mol. The Bertz CT molecular complexity index is 400. The van der Waals surface area contributed by atoms with E-state index in [0.717, 1.165) is 6.42 Å². The third-order valence-electron chi connectivity index (χ3n) is 2.92. The molecule has 1 saturated heterocycles. The number of carbonyl (C=O) groups excluding carboxylic acids is 3. The van der Waals surface area contributed by atoms with E-state index in [-0.39, 0.29) is 12.2 Å². The molecule has 0 spiro atoms.